The summed E-state index contributed by atoms with van der Waals surface area (Å²) in [7, 11) is 0. The molecule has 0 fully saturated rings. The van der Waals surface area contributed by atoms with Crippen LogP contribution in [0.15, 0.2) is 60.8 Å². The standard InChI is InChI=1S/C12H15N.C10H14.C8H18.C7H17N/c1-9(2)7-10-8-13-12-6-4-3-5-11(10)12;1-9(2)8-10-6-4-3-5-7-10;1-4-5-6-7-8(2)3;1-7(2)5-3-4-6-8/h3-6,8-9,13H,7H2,1-2H3;3-7,9H,8H2,1-2H3;8H,4-7H2,1-3H3;7H,3-6,8H2,1-2H3. The average Bonchev–Trinajstić information content (AvgIpc) is 3.28. The summed E-state index contributed by atoms with van der Waals surface area (Å²) in [5.74, 6) is 3.24. The summed E-state index contributed by atoms with van der Waals surface area (Å²) in [6.07, 6.45) is 13.9. The first-order valence-corrected chi connectivity index (χ1v) is 15.9. The Morgan fingerprint density at radius 1 is 0.615 bits per heavy atom. The van der Waals surface area contributed by atoms with Gasteiger partial charge in [0.2, 0.25) is 0 Å². The van der Waals surface area contributed by atoms with E-state index in [1.165, 1.54) is 73.4 Å². The number of H-pyrrole nitrogens is 1. The number of hydrogen-bond donors (Lipinski definition) is 2. The van der Waals surface area contributed by atoms with E-state index in [1.807, 2.05) is 0 Å². The Balaban J connectivity index is 0.000000507. The molecule has 0 unspecified atom stereocenters. The SMILES string of the molecule is CC(C)CCCCN.CC(C)Cc1c[nH]c2ccccc12.CC(C)Cc1ccccc1.CCCCCC(C)C. The van der Waals surface area contributed by atoms with Gasteiger partial charge in [0.15, 0.2) is 0 Å². The van der Waals surface area contributed by atoms with E-state index < -0.39 is 0 Å². The van der Waals surface area contributed by atoms with Crippen LogP contribution in [0, 0.1) is 23.7 Å². The Bertz CT molecular complexity index is 891. The van der Waals surface area contributed by atoms with Crippen molar-refractivity contribution < 1.29 is 0 Å². The zero-order valence-electron chi connectivity index (χ0n) is 27.2. The van der Waals surface area contributed by atoms with E-state index in [0.717, 1.165) is 36.6 Å². The van der Waals surface area contributed by atoms with Gasteiger partial charge in [-0.3, -0.25) is 0 Å². The lowest BCUT2D eigenvalue weighted by atomic mass is 10.0. The Labute approximate surface area is 243 Å². The quantitative estimate of drug-likeness (QED) is 0.222. The van der Waals surface area contributed by atoms with Gasteiger partial charge in [-0.2, -0.15) is 0 Å². The van der Waals surface area contributed by atoms with Crippen LogP contribution in [0.2, 0.25) is 0 Å². The molecule has 2 aromatic carbocycles. The van der Waals surface area contributed by atoms with Crippen LogP contribution in [-0.4, -0.2) is 11.5 Å². The van der Waals surface area contributed by atoms with Gasteiger partial charge in [0.1, 0.15) is 0 Å². The van der Waals surface area contributed by atoms with Crippen LogP contribution in [0.4, 0.5) is 0 Å². The Hall–Kier alpha value is -2.06. The lowest BCUT2D eigenvalue weighted by molar-refractivity contribution is 0.534. The molecule has 3 aromatic rings. The van der Waals surface area contributed by atoms with Crippen LogP contribution in [0.1, 0.15) is 118 Å². The number of para-hydroxylation sites is 1. The van der Waals surface area contributed by atoms with Crippen molar-refractivity contribution in [3.63, 3.8) is 0 Å². The smallest absolute Gasteiger partial charge is 0.0456 e. The van der Waals surface area contributed by atoms with Crippen LogP contribution >= 0.6 is 0 Å². The minimum Gasteiger partial charge on any atom is -0.361 e. The third kappa shape index (κ3) is 21.4. The number of hydrogen-bond acceptors (Lipinski definition) is 1. The number of rotatable bonds is 12. The fourth-order valence-corrected chi connectivity index (χ4v) is 4.33. The Morgan fingerprint density at radius 2 is 1.15 bits per heavy atom. The number of unbranched alkanes of at least 4 members (excludes halogenated alkanes) is 3. The van der Waals surface area contributed by atoms with Crippen LogP contribution in [0.25, 0.3) is 10.9 Å². The predicted octanol–water partition coefficient (Wildman–Crippen LogP) is 11.2. The lowest BCUT2D eigenvalue weighted by Gasteiger charge is -2.02. The number of nitrogens with one attached hydrogen (secondary N) is 1. The second-order valence-corrected chi connectivity index (χ2v) is 12.6. The molecule has 39 heavy (non-hydrogen) atoms. The summed E-state index contributed by atoms with van der Waals surface area (Å²) in [4.78, 5) is 3.29. The maximum absolute atomic E-state index is 5.31. The van der Waals surface area contributed by atoms with Crippen LogP contribution in [0.3, 0.4) is 0 Å². The molecule has 0 atom stereocenters. The van der Waals surface area contributed by atoms with Gasteiger partial charge in [-0.25, -0.2) is 0 Å². The highest BCUT2D eigenvalue weighted by molar-refractivity contribution is 5.83. The van der Waals surface area contributed by atoms with Gasteiger partial charge in [0.05, 0.1) is 0 Å². The number of aromatic amines is 1. The molecule has 222 valence electrons. The summed E-state index contributed by atoms with van der Waals surface area (Å²) in [6, 6.07) is 19.1. The maximum Gasteiger partial charge on any atom is 0.0456 e. The second-order valence-electron chi connectivity index (χ2n) is 12.6. The molecule has 0 radical (unpaired) electrons. The van der Waals surface area contributed by atoms with E-state index in [4.69, 9.17) is 5.73 Å². The fraction of sp³-hybridized carbons (Fsp3) is 0.622. The molecule has 0 aliphatic heterocycles. The number of nitrogens with two attached hydrogens (primary N) is 1. The molecule has 0 saturated carbocycles. The molecule has 2 nitrogen and oxygen atoms in total. The molecule has 0 aliphatic rings. The van der Waals surface area contributed by atoms with Gasteiger partial charge in [-0.05, 0) is 66.7 Å². The zero-order chi connectivity index (χ0) is 29.5. The van der Waals surface area contributed by atoms with Crippen molar-refractivity contribution >= 4 is 10.9 Å². The van der Waals surface area contributed by atoms with Gasteiger partial charge in [0, 0.05) is 17.1 Å². The largest absolute Gasteiger partial charge is 0.361 e. The van der Waals surface area contributed by atoms with Crippen LogP contribution < -0.4 is 5.73 Å². The second kappa shape index (κ2) is 23.8. The van der Waals surface area contributed by atoms with Gasteiger partial charge in [-0.1, -0.05) is 149 Å². The molecule has 0 bridgehead atoms. The Morgan fingerprint density at radius 3 is 1.67 bits per heavy atom. The zero-order valence-corrected chi connectivity index (χ0v) is 27.2. The third-order valence-corrected chi connectivity index (χ3v) is 6.41. The van der Waals surface area contributed by atoms with E-state index >= 15 is 0 Å². The lowest BCUT2D eigenvalue weighted by Crippen LogP contribution is -1.98. The van der Waals surface area contributed by atoms with E-state index in [0.29, 0.717) is 0 Å². The minimum absolute atomic E-state index is 0.721. The minimum atomic E-state index is 0.721. The van der Waals surface area contributed by atoms with E-state index in [2.05, 4.69) is 128 Å². The van der Waals surface area contributed by atoms with Gasteiger partial charge in [0.25, 0.3) is 0 Å². The average molecular weight is 537 g/mol. The monoisotopic (exact) mass is 537 g/mol. The van der Waals surface area contributed by atoms with Crippen molar-refractivity contribution in [1.82, 2.24) is 4.98 Å². The summed E-state index contributed by atoms with van der Waals surface area (Å²) in [6.45, 7) is 21.2. The first-order chi connectivity index (χ1) is 18.6. The molecule has 1 aromatic heterocycles. The first-order valence-electron chi connectivity index (χ1n) is 15.9. The first kappa shape index (κ1) is 36.9. The summed E-state index contributed by atoms with van der Waals surface area (Å²) < 4.78 is 0. The summed E-state index contributed by atoms with van der Waals surface area (Å²) in [5.41, 5.74) is 9.44. The summed E-state index contributed by atoms with van der Waals surface area (Å²) in [5, 5.41) is 1.37. The van der Waals surface area contributed by atoms with E-state index in [1.54, 1.807) is 0 Å². The van der Waals surface area contributed by atoms with Crippen molar-refractivity contribution in [3.05, 3.63) is 71.9 Å². The molecule has 1 heterocycles. The molecular weight excluding hydrogens is 472 g/mol. The molecule has 0 saturated heterocycles. The number of fused-ring (bicyclic) bond motifs is 1. The highest BCUT2D eigenvalue weighted by Crippen LogP contribution is 2.20. The molecule has 0 spiro atoms. The third-order valence-electron chi connectivity index (χ3n) is 6.41. The van der Waals surface area contributed by atoms with Crippen molar-refractivity contribution in [2.75, 3.05) is 6.54 Å². The van der Waals surface area contributed by atoms with E-state index in [-0.39, 0.29) is 0 Å². The van der Waals surface area contributed by atoms with E-state index in [9.17, 15) is 0 Å². The fourth-order valence-electron chi connectivity index (χ4n) is 4.33. The predicted molar refractivity (Wildman–Crippen MR) is 179 cm³/mol. The maximum atomic E-state index is 5.31. The van der Waals surface area contributed by atoms with Gasteiger partial charge in [-0.15, -0.1) is 0 Å². The number of benzene rings is 2. The van der Waals surface area contributed by atoms with Gasteiger partial charge < -0.3 is 10.7 Å². The molecule has 0 amide bonds. The van der Waals surface area contributed by atoms with Crippen molar-refractivity contribution in [2.24, 2.45) is 29.4 Å². The highest BCUT2D eigenvalue weighted by atomic mass is 14.7. The molecule has 2 heteroatoms. The Kier molecular flexibility index (Phi) is 22.5. The number of aromatic nitrogens is 1. The normalized spacial score (nSPS) is 10.7. The molecule has 0 aliphatic carbocycles. The van der Waals surface area contributed by atoms with Crippen molar-refractivity contribution in [3.8, 4) is 0 Å². The van der Waals surface area contributed by atoms with Crippen LogP contribution in [-0.2, 0) is 12.8 Å². The topological polar surface area (TPSA) is 41.8 Å². The molecular formula is C37H64N2. The highest BCUT2D eigenvalue weighted by Gasteiger charge is 2.04. The van der Waals surface area contributed by atoms with Crippen LogP contribution in [0.5, 0.6) is 0 Å². The molecule has 3 N–H and O–H groups in total. The molecule has 3 rings (SSSR count). The summed E-state index contributed by atoms with van der Waals surface area (Å²) >= 11 is 0. The van der Waals surface area contributed by atoms with Gasteiger partial charge >= 0.3 is 0 Å². The van der Waals surface area contributed by atoms with Crippen molar-refractivity contribution in [1.29, 1.82) is 0 Å². The van der Waals surface area contributed by atoms with Crippen molar-refractivity contribution in [2.45, 2.75) is 120 Å².